The molecule has 0 atom stereocenters. The van der Waals surface area contributed by atoms with Crippen LogP contribution in [0.25, 0.3) is 0 Å². The van der Waals surface area contributed by atoms with Crippen LogP contribution in [0.3, 0.4) is 0 Å². The fourth-order valence-electron chi connectivity index (χ4n) is 2.53. The van der Waals surface area contributed by atoms with Gasteiger partial charge in [-0.05, 0) is 17.7 Å². The van der Waals surface area contributed by atoms with Crippen molar-refractivity contribution in [1.82, 2.24) is 14.7 Å². The molecule has 0 saturated heterocycles. The topological polar surface area (TPSA) is 85.8 Å². The average Bonchev–Trinajstić information content (AvgIpc) is 3.16. The smallest absolute Gasteiger partial charge is 0.221 e. The summed E-state index contributed by atoms with van der Waals surface area (Å²) in [5, 5.41) is 3.62. The number of nitrogens with zero attached hydrogens (tertiary/aromatic N) is 3. The molecule has 1 amide bonds. The highest BCUT2D eigenvalue weighted by molar-refractivity contribution is 7.09. The summed E-state index contributed by atoms with van der Waals surface area (Å²) < 4.78 is 19.9. The van der Waals surface area contributed by atoms with Crippen molar-refractivity contribution >= 4 is 22.6 Å². The summed E-state index contributed by atoms with van der Waals surface area (Å²) >= 11 is 1.34. The van der Waals surface area contributed by atoms with E-state index in [1.165, 1.54) is 11.5 Å². The lowest BCUT2D eigenvalue weighted by atomic mass is 10.1. The van der Waals surface area contributed by atoms with Crippen molar-refractivity contribution in [3.63, 3.8) is 0 Å². The minimum atomic E-state index is -0.0133. The van der Waals surface area contributed by atoms with Gasteiger partial charge >= 0.3 is 0 Å². The van der Waals surface area contributed by atoms with E-state index in [-0.39, 0.29) is 5.91 Å². The molecule has 1 heterocycles. The quantitative estimate of drug-likeness (QED) is 0.505. The second-order valence-electron chi connectivity index (χ2n) is 6.09. The standard InChI is InChI=1S/C19H28N4O4S/c1-25-11-8-20-18(24)7-9-23(10-12-26-2)19-21-17(22-28-19)14-15-5-4-6-16(13-15)27-3/h4-6,13H,7-12,14H2,1-3H3,(H,20,24). The molecule has 28 heavy (non-hydrogen) atoms. The molecule has 9 heteroatoms. The molecule has 1 N–H and O–H groups in total. The maximum atomic E-state index is 12.0. The molecule has 154 valence electrons. The van der Waals surface area contributed by atoms with Crippen LogP contribution in [0.2, 0.25) is 0 Å². The van der Waals surface area contributed by atoms with Crippen molar-refractivity contribution in [2.75, 3.05) is 59.1 Å². The van der Waals surface area contributed by atoms with E-state index in [9.17, 15) is 4.79 Å². The highest BCUT2D eigenvalue weighted by Gasteiger charge is 2.14. The third kappa shape index (κ3) is 7.41. The monoisotopic (exact) mass is 408 g/mol. The van der Waals surface area contributed by atoms with Gasteiger partial charge in [-0.15, -0.1) is 0 Å². The molecule has 1 aromatic carbocycles. The van der Waals surface area contributed by atoms with Crippen molar-refractivity contribution in [2.45, 2.75) is 12.8 Å². The van der Waals surface area contributed by atoms with E-state index in [0.29, 0.717) is 45.7 Å². The molecule has 0 saturated carbocycles. The van der Waals surface area contributed by atoms with Crippen LogP contribution in [-0.2, 0) is 20.7 Å². The third-order valence-electron chi connectivity index (χ3n) is 4.03. The van der Waals surface area contributed by atoms with Gasteiger partial charge in [0.2, 0.25) is 11.0 Å². The Balaban J connectivity index is 1.96. The number of carbonyl (C=O) groups excluding carboxylic acids is 1. The van der Waals surface area contributed by atoms with Crippen LogP contribution in [0, 0.1) is 0 Å². The Morgan fingerprint density at radius 2 is 2.00 bits per heavy atom. The van der Waals surface area contributed by atoms with Gasteiger partial charge < -0.3 is 24.4 Å². The largest absolute Gasteiger partial charge is 0.497 e. The molecule has 2 aromatic rings. The lowest BCUT2D eigenvalue weighted by Crippen LogP contribution is -2.34. The second-order valence-corrected chi connectivity index (χ2v) is 6.82. The van der Waals surface area contributed by atoms with Gasteiger partial charge in [-0.25, -0.2) is 4.98 Å². The van der Waals surface area contributed by atoms with Crippen molar-refractivity contribution in [1.29, 1.82) is 0 Å². The summed E-state index contributed by atoms with van der Waals surface area (Å²) in [6.45, 7) is 2.77. The van der Waals surface area contributed by atoms with Crippen molar-refractivity contribution in [3.05, 3.63) is 35.7 Å². The van der Waals surface area contributed by atoms with Gasteiger partial charge in [0.15, 0.2) is 0 Å². The van der Waals surface area contributed by atoms with Crippen molar-refractivity contribution in [3.8, 4) is 5.75 Å². The lowest BCUT2D eigenvalue weighted by Gasteiger charge is -2.20. The molecular formula is C19H28N4O4S. The molecule has 0 bridgehead atoms. The maximum Gasteiger partial charge on any atom is 0.221 e. The van der Waals surface area contributed by atoms with Crippen LogP contribution in [0.1, 0.15) is 17.8 Å². The van der Waals surface area contributed by atoms with Crippen LogP contribution in [-0.4, -0.2) is 69.4 Å². The van der Waals surface area contributed by atoms with Crippen LogP contribution in [0.5, 0.6) is 5.75 Å². The molecule has 0 unspecified atom stereocenters. The summed E-state index contributed by atoms with van der Waals surface area (Å²) in [5.41, 5.74) is 1.09. The summed E-state index contributed by atoms with van der Waals surface area (Å²) in [6, 6.07) is 7.87. The van der Waals surface area contributed by atoms with Crippen LogP contribution < -0.4 is 15.0 Å². The van der Waals surface area contributed by atoms with E-state index < -0.39 is 0 Å². The van der Waals surface area contributed by atoms with Crippen molar-refractivity contribution < 1.29 is 19.0 Å². The molecule has 2 rings (SSSR count). The first-order valence-corrected chi connectivity index (χ1v) is 9.88. The lowest BCUT2D eigenvalue weighted by molar-refractivity contribution is -0.121. The van der Waals surface area contributed by atoms with E-state index in [1.54, 1.807) is 21.3 Å². The van der Waals surface area contributed by atoms with E-state index >= 15 is 0 Å². The van der Waals surface area contributed by atoms with E-state index in [4.69, 9.17) is 14.2 Å². The van der Waals surface area contributed by atoms with Crippen LogP contribution >= 0.6 is 11.5 Å². The Kier molecular flexibility index (Phi) is 9.67. The Hall–Kier alpha value is -2.23. The maximum absolute atomic E-state index is 12.0. The van der Waals surface area contributed by atoms with E-state index in [0.717, 1.165) is 22.3 Å². The number of methoxy groups -OCH3 is 3. The van der Waals surface area contributed by atoms with Gasteiger partial charge in [-0.3, -0.25) is 4.79 Å². The first-order chi connectivity index (χ1) is 13.7. The number of hydrogen-bond donors (Lipinski definition) is 1. The Morgan fingerprint density at radius 1 is 1.18 bits per heavy atom. The normalized spacial score (nSPS) is 10.7. The zero-order valence-electron chi connectivity index (χ0n) is 16.6. The van der Waals surface area contributed by atoms with Gasteiger partial charge in [0.05, 0.1) is 20.3 Å². The first-order valence-electron chi connectivity index (χ1n) is 9.11. The molecule has 0 aliphatic heterocycles. The predicted octanol–water partition coefficient (Wildman–Crippen LogP) is 1.74. The zero-order chi connectivity index (χ0) is 20.2. The van der Waals surface area contributed by atoms with Gasteiger partial charge in [-0.1, -0.05) is 12.1 Å². The third-order valence-corrected chi connectivity index (χ3v) is 4.84. The fourth-order valence-corrected chi connectivity index (χ4v) is 3.27. The number of rotatable bonds is 13. The molecule has 0 fully saturated rings. The summed E-state index contributed by atoms with van der Waals surface area (Å²) in [5.74, 6) is 1.55. The molecule has 1 aromatic heterocycles. The minimum Gasteiger partial charge on any atom is -0.497 e. The second kappa shape index (κ2) is 12.3. The summed E-state index contributed by atoms with van der Waals surface area (Å²) in [7, 11) is 4.92. The number of anilines is 1. The summed E-state index contributed by atoms with van der Waals surface area (Å²) in [6.07, 6.45) is 1.00. The van der Waals surface area contributed by atoms with Gasteiger partial charge in [0, 0.05) is 58.2 Å². The highest BCUT2D eigenvalue weighted by Crippen LogP contribution is 2.20. The molecule has 8 nitrogen and oxygen atoms in total. The molecule has 0 aliphatic carbocycles. The van der Waals surface area contributed by atoms with Gasteiger partial charge in [-0.2, -0.15) is 4.37 Å². The number of benzene rings is 1. The number of carbonyl (C=O) groups is 1. The molecular weight excluding hydrogens is 380 g/mol. The van der Waals surface area contributed by atoms with Crippen molar-refractivity contribution in [2.24, 2.45) is 0 Å². The number of hydrogen-bond acceptors (Lipinski definition) is 8. The van der Waals surface area contributed by atoms with Gasteiger partial charge in [0.1, 0.15) is 11.6 Å². The average molecular weight is 409 g/mol. The number of aromatic nitrogens is 2. The Labute approximate surface area is 170 Å². The van der Waals surface area contributed by atoms with Gasteiger partial charge in [0.25, 0.3) is 0 Å². The number of amides is 1. The Bertz CT molecular complexity index is 725. The minimum absolute atomic E-state index is 0.0133. The zero-order valence-corrected chi connectivity index (χ0v) is 17.5. The fraction of sp³-hybridized carbons (Fsp3) is 0.526. The van der Waals surface area contributed by atoms with E-state index in [2.05, 4.69) is 14.7 Å². The van der Waals surface area contributed by atoms with Crippen LogP contribution in [0.15, 0.2) is 24.3 Å². The molecule has 0 spiro atoms. The summed E-state index contributed by atoms with van der Waals surface area (Å²) in [4.78, 5) is 18.7. The molecule has 0 aliphatic rings. The van der Waals surface area contributed by atoms with Crippen LogP contribution in [0.4, 0.5) is 5.13 Å². The first kappa shape index (κ1) is 22.1. The molecule has 0 radical (unpaired) electrons. The Morgan fingerprint density at radius 3 is 2.75 bits per heavy atom. The van der Waals surface area contributed by atoms with E-state index in [1.807, 2.05) is 29.2 Å². The predicted molar refractivity (Wildman–Crippen MR) is 109 cm³/mol. The number of nitrogens with one attached hydrogen (secondary N) is 1. The number of ether oxygens (including phenoxy) is 3. The highest BCUT2D eigenvalue weighted by atomic mass is 32.1. The SMILES string of the molecule is COCCNC(=O)CCN(CCOC)c1nc(Cc2cccc(OC)c2)ns1.